The molecule has 1 N–H and O–H groups in total. The summed E-state index contributed by atoms with van der Waals surface area (Å²) < 4.78 is 34.7. The molecule has 1 heterocycles. The van der Waals surface area contributed by atoms with Crippen molar-refractivity contribution < 1.29 is 17.9 Å². The van der Waals surface area contributed by atoms with E-state index >= 15 is 0 Å². The van der Waals surface area contributed by atoms with E-state index in [-0.39, 0.29) is 16.7 Å². The average molecular weight is 486 g/mol. The molecule has 28 heavy (non-hydrogen) atoms. The van der Waals surface area contributed by atoms with Gasteiger partial charge >= 0.3 is 0 Å². The smallest absolute Gasteiger partial charge is 0.264 e. The van der Waals surface area contributed by atoms with Gasteiger partial charge in [-0.15, -0.1) is 0 Å². The van der Waals surface area contributed by atoms with Gasteiger partial charge in [-0.3, -0.25) is 9.52 Å². The number of hydrogen-bond donors (Lipinski definition) is 1. The van der Waals surface area contributed by atoms with Crippen LogP contribution in [0.2, 0.25) is 5.02 Å². The molecular formula is C19H18BrClN2O4S. The molecule has 2 aliphatic rings. The van der Waals surface area contributed by atoms with Gasteiger partial charge in [0.1, 0.15) is 10.6 Å². The van der Waals surface area contributed by atoms with E-state index in [9.17, 15) is 13.2 Å². The second-order valence-corrected chi connectivity index (χ2v) is 9.85. The topological polar surface area (TPSA) is 75.7 Å². The molecule has 0 bridgehead atoms. The molecule has 148 valence electrons. The molecule has 1 aliphatic heterocycles. The summed E-state index contributed by atoms with van der Waals surface area (Å²) in [5.74, 6) is 0.470. The van der Waals surface area contributed by atoms with E-state index in [2.05, 4.69) is 20.7 Å². The van der Waals surface area contributed by atoms with Crippen molar-refractivity contribution in [3.8, 4) is 5.75 Å². The zero-order chi connectivity index (χ0) is 20.1. The zero-order valence-corrected chi connectivity index (χ0v) is 18.2. The maximum Gasteiger partial charge on any atom is 0.264 e. The van der Waals surface area contributed by atoms with Crippen LogP contribution in [0, 0.1) is 5.92 Å². The van der Waals surface area contributed by atoms with Crippen molar-refractivity contribution in [1.82, 2.24) is 0 Å². The predicted octanol–water partition coefficient (Wildman–Crippen LogP) is 4.21. The first-order valence-corrected chi connectivity index (χ1v) is 11.5. The maximum atomic E-state index is 13.2. The van der Waals surface area contributed by atoms with Gasteiger partial charge in [-0.25, -0.2) is 8.42 Å². The lowest BCUT2D eigenvalue weighted by atomic mass is 10.2. The molecule has 0 atom stereocenters. The summed E-state index contributed by atoms with van der Waals surface area (Å²) in [5.41, 5.74) is 1.64. The normalized spacial score (nSPS) is 16.0. The summed E-state index contributed by atoms with van der Waals surface area (Å²) in [4.78, 5) is 14.4. The van der Waals surface area contributed by atoms with Crippen molar-refractivity contribution in [2.75, 3.05) is 23.3 Å². The Morgan fingerprint density at radius 2 is 2.04 bits per heavy atom. The molecule has 0 spiro atoms. The summed E-state index contributed by atoms with van der Waals surface area (Å²) >= 11 is 9.50. The molecule has 4 rings (SSSR count). The molecule has 0 unspecified atom stereocenters. The van der Waals surface area contributed by atoms with Crippen LogP contribution >= 0.6 is 27.5 Å². The zero-order valence-electron chi connectivity index (χ0n) is 15.0. The average Bonchev–Trinajstić information content (AvgIpc) is 3.40. The minimum atomic E-state index is -3.94. The first-order valence-electron chi connectivity index (χ1n) is 8.80. The number of anilines is 2. The summed E-state index contributed by atoms with van der Waals surface area (Å²) in [6, 6.07) is 8.06. The van der Waals surface area contributed by atoms with Crippen LogP contribution in [0.4, 0.5) is 11.4 Å². The van der Waals surface area contributed by atoms with E-state index in [1.807, 2.05) is 6.07 Å². The molecule has 0 saturated heterocycles. The Morgan fingerprint density at radius 3 is 2.68 bits per heavy atom. The van der Waals surface area contributed by atoms with Crippen molar-refractivity contribution in [3.05, 3.63) is 45.4 Å². The van der Waals surface area contributed by atoms with Gasteiger partial charge in [-0.2, -0.15) is 0 Å². The van der Waals surface area contributed by atoms with Crippen molar-refractivity contribution >= 4 is 54.8 Å². The lowest BCUT2D eigenvalue weighted by Gasteiger charge is -2.21. The SMILES string of the molecule is COc1ccc(NS(=O)(=O)c2cc(Br)cc3c2N(C(=O)C2CC2)CC3)cc1Cl. The summed E-state index contributed by atoms with van der Waals surface area (Å²) in [6.07, 6.45) is 2.36. The Kier molecular flexibility index (Phi) is 5.05. The Hall–Kier alpha value is -1.77. The van der Waals surface area contributed by atoms with Gasteiger partial charge in [-0.1, -0.05) is 27.5 Å². The molecule has 1 amide bonds. The highest BCUT2D eigenvalue weighted by molar-refractivity contribution is 9.10. The number of halogens is 2. The highest BCUT2D eigenvalue weighted by atomic mass is 79.9. The highest BCUT2D eigenvalue weighted by Gasteiger charge is 2.39. The molecule has 1 saturated carbocycles. The van der Waals surface area contributed by atoms with E-state index in [0.717, 1.165) is 18.4 Å². The van der Waals surface area contributed by atoms with Crippen molar-refractivity contribution in [2.45, 2.75) is 24.2 Å². The number of fused-ring (bicyclic) bond motifs is 1. The number of nitrogens with one attached hydrogen (secondary N) is 1. The van der Waals surface area contributed by atoms with Crippen LogP contribution in [-0.2, 0) is 21.2 Å². The van der Waals surface area contributed by atoms with Gasteiger partial charge in [-0.05, 0) is 55.2 Å². The van der Waals surface area contributed by atoms with Crippen LogP contribution in [0.3, 0.4) is 0 Å². The Bertz CT molecular complexity index is 1070. The second-order valence-electron chi connectivity index (χ2n) is 6.88. The molecule has 0 aromatic heterocycles. The minimum Gasteiger partial charge on any atom is -0.495 e. The number of ether oxygens (including phenoxy) is 1. The third kappa shape index (κ3) is 3.60. The molecule has 2 aromatic rings. The van der Waals surface area contributed by atoms with Crippen LogP contribution in [0.1, 0.15) is 18.4 Å². The van der Waals surface area contributed by atoms with Gasteiger partial charge in [0.15, 0.2) is 0 Å². The lowest BCUT2D eigenvalue weighted by Crippen LogP contribution is -2.31. The fourth-order valence-electron chi connectivity index (χ4n) is 3.39. The van der Waals surface area contributed by atoms with Crippen LogP contribution in [-0.4, -0.2) is 28.0 Å². The summed E-state index contributed by atoms with van der Waals surface area (Å²) in [7, 11) is -2.46. The molecule has 1 fully saturated rings. The number of sulfonamides is 1. The number of methoxy groups -OCH3 is 1. The number of amides is 1. The predicted molar refractivity (Wildman–Crippen MR) is 112 cm³/mol. The van der Waals surface area contributed by atoms with E-state index in [0.29, 0.717) is 39.6 Å². The standard InChI is InChI=1S/C19H18BrClN2O4S/c1-27-16-5-4-14(10-15(16)21)22-28(25,26)17-9-13(20)8-12-6-7-23(18(12)17)19(24)11-2-3-11/h4-5,8-11,22H,2-3,6-7H2,1H3. The lowest BCUT2D eigenvalue weighted by molar-refractivity contribution is -0.119. The molecule has 6 nitrogen and oxygen atoms in total. The van der Waals surface area contributed by atoms with Crippen LogP contribution in [0.25, 0.3) is 0 Å². The quantitative estimate of drug-likeness (QED) is 0.688. The van der Waals surface area contributed by atoms with Crippen LogP contribution in [0.15, 0.2) is 39.7 Å². The molecule has 9 heteroatoms. The minimum absolute atomic E-state index is 0.00464. The van der Waals surface area contributed by atoms with Crippen LogP contribution in [0.5, 0.6) is 5.75 Å². The molecule has 0 radical (unpaired) electrons. The number of benzene rings is 2. The van der Waals surface area contributed by atoms with E-state index in [1.54, 1.807) is 17.0 Å². The summed E-state index contributed by atoms with van der Waals surface area (Å²) in [5, 5.41) is 0.299. The van der Waals surface area contributed by atoms with Crippen molar-refractivity contribution in [2.24, 2.45) is 5.92 Å². The van der Waals surface area contributed by atoms with Crippen molar-refractivity contribution in [1.29, 1.82) is 0 Å². The van der Waals surface area contributed by atoms with Gasteiger partial charge in [0.25, 0.3) is 10.0 Å². The molecule has 2 aromatic carbocycles. The Morgan fingerprint density at radius 1 is 1.29 bits per heavy atom. The third-order valence-electron chi connectivity index (χ3n) is 4.88. The Balaban J connectivity index is 1.74. The first kappa shape index (κ1) is 19.5. The van der Waals surface area contributed by atoms with Gasteiger partial charge in [0, 0.05) is 16.9 Å². The van der Waals surface area contributed by atoms with Crippen molar-refractivity contribution in [3.63, 3.8) is 0 Å². The first-order chi connectivity index (χ1) is 13.3. The largest absolute Gasteiger partial charge is 0.495 e. The number of carbonyl (C=O) groups is 1. The van der Waals surface area contributed by atoms with Gasteiger partial charge in [0.2, 0.25) is 5.91 Å². The number of hydrogen-bond acceptors (Lipinski definition) is 4. The number of carbonyl (C=O) groups excluding carboxylic acids is 1. The van der Waals surface area contributed by atoms with E-state index in [1.165, 1.54) is 19.2 Å². The van der Waals surface area contributed by atoms with Crippen LogP contribution < -0.4 is 14.4 Å². The second kappa shape index (κ2) is 7.24. The maximum absolute atomic E-state index is 13.2. The molecule has 1 aliphatic carbocycles. The molecular weight excluding hydrogens is 468 g/mol. The highest BCUT2D eigenvalue weighted by Crippen LogP contribution is 2.41. The van der Waals surface area contributed by atoms with E-state index < -0.39 is 10.0 Å². The monoisotopic (exact) mass is 484 g/mol. The number of rotatable bonds is 5. The number of nitrogens with zero attached hydrogens (tertiary/aromatic N) is 1. The van der Waals surface area contributed by atoms with Gasteiger partial charge in [0.05, 0.1) is 23.5 Å². The fraction of sp³-hybridized carbons (Fsp3) is 0.316. The fourth-order valence-corrected chi connectivity index (χ4v) is 5.62. The van der Waals surface area contributed by atoms with Gasteiger partial charge < -0.3 is 9.64 Å². The Labute approximate surface area is 177 Å². The third-order valence-corrected chi connectivity index (χ3v) is 7.03. The van der Waals surface area contributed by atoms with E-state index in [4.69, 9.17) is 16.3 Å². The summed E-state index contributed by atoms with van der Waals surface area (Å²) in [6.45, 7) is 0.498.